The Kier molecular flexibility index (Phi) is 3.96. The largest absolute Gasteiger partial charge is 0.393 e. The van der Waals surface area contributed by atoms with Crippen LogP contribution in [0.3, 0.4) is 0 Å². The molecule has 102 valence electrons. The van der Waals surface area contributed by atoms with Crippen LogP contribution in [0.2, 0.25) is 0 Å². The molecule has 7 heteroatoms. The van der Waals surface area contributed by atoms with Gasteiger partial charge in [0.25, 0.3) is 11.6 Å². The van der Waals surface area contributed by atoms with Crippen LogP contribution in [0.25, 0.3) is 0 Å². The predicted molar refractivity (Wildman–Crippen MR) is 68.8 cm³/mol. The molecule has 0 aliphatic carbocycles. The molecule has 1 saturated heterocycles. The van der Waals surface area contributed by atoms with E-state index in [1.165, 1.54) is 18.2 Å². The van der Waals surface area contributed by atoms with Crippen LogP contribution >= 0.6 is 0 Å². The first-order chi connectivity index (χ1) is 9.09. The predicted octanol–water partition coefficient (Wildman–Crippen LogP) is 1.09. The lowest BCUT2D eigenvalue weighted by molar-refractivity contribution is -0.383. The number of carbonyl (C=O) groups is 1. The Bertz CT molecular complexity index is 498. The molecule has 2 rings (SSSR count). The number of anilines is 1. The van der Waals surface area contributed by atoms with Gasteiger partial charge in [-0.2, -0.15) is 0 Å². The van der Waals surface area contributed by atoms with Crippen molar-refractivity contribution in [3.63, 3.8) is 0 Å². The quantitative estimate of drug-likeness (QED) is 0.483. The lowest BCUT2D eigenvalue weighted by atomic mass is 10.1. The van der Waals surface area contributed by atoms with E-state index in [1.807, 2.05) is 0 Å². The number of nitrogens with zero attached hydrogens (tertiary/aromatic N) is 1. The van der Waals surface area contributed by atoms with E-state index in [9.17, 15) is 14.9 Å². The maximum Gasteiger partial charge on any atom is 0.292 e. The second-order valence-corrected chi connectivity index (χ2v) is 4.36. The molecule has 7 nitrogen and oxygen atoms in total. The fourth-order valence-corrected chi connectivity index (χ4v) is 2.02. The second-order valence-electron chi connectivity index (χ2n) is 4.36. The molecule has 1 fully saturated rings. The standard InChI is InChI=1S/C12H15N3O4/c13-11-9(2-1-3-10(11)15(17)18)12(16)14-8-4-6-19-7-5-8/h1-3,8H,4-7,13H2,(H,14,16). The number of nitro benzene ring substituents is 1. The van der Waals surface area contributed by atoms with Crippen LogP contribution in [-0.2, 0) is 4.74 Å². The number of ether oxygens (including phenoxy) is 1. The van der Waals surface area contributed by atoms with Gasteiger partial charge in [0, 0.05) is 25.3 Å². The van der Waals surface area contributed by atoms with Crippen LogP contribution in [0.5, 0.6) is 0 Å². The Morgan fingerprint density at radius 3 is 2.74 bits per heavy atom. The molecule has 0 spiro atoms. The van der Waals surface area contributed by atoms with Gasteiger partial charge in [-0.1, -0.05) is 6.07 Å². The second kappa shape index (κ2) is 5.66. The van der Waals surface area contributed by atoms with Crippen molar-refractivity contribution in [1.82, 2.24) is 5.32 Å². The zero-order valence-corrected chi connectivity index (χ0v) is 10.3. The topological polar surface area (TPSA) is 107 Å². The number of nitro groups is 1. The average Bonchev–Trinajstić information content (AvgIpc) is 2.39. The molecule has 0 unspecified atom stereocenters. The molecule has 0 radical (unpaired) electrons. The fourth-order valence-electron chi connectivity index (χ4n) is 2.02. The van der Waals surface area contributed by atoms with Crippen LogP contribution in [0.1, 0.15) is 23.2 Å². The summed E-state index contributed by atoms with van der Waals surface area (Å²) < 4.78 is 5.20. The SMILES string of the molecule is Nc1c(C(=O)NC2CCOCC2)cccc1[N+](=O)[O-]. The van der Waals surface area contributed by atoms with E-state index in [-0.39, 0.29) is 28.9 Å². The zero-order valence-electron chi connectivity index (χ0n) is 10.3. The van der Waals surface area contributed by atoms with E-state index in [2.05, 4.69) is 5.32 Å². The van der Waals surface area contributed by atoms with Crippen molar-refractivity contribution in [3.8, 4) is 0 Å². The molecule has 0 saturated carbocycles. The van der Waals surface area contributed by atoms with Crippen molar-refractivity contribution in [2.24, 2.45) is 0 Å². The number of hydrogen-bond acceptors (Lipinski definition) is 5. The van der Waals surface area contributed by atoms with Gasteiger partial charge in [-0.05, 0) is 18.9 Å². The Morgan fingerprint density at radius 1 is 1.42 bits per heavy atom. The summed E-state index contributed by atoms with van der Waals surface area (Å²) in [5, 5.41) is 13.6. The third kappa shape index (κ3) is 3.00. The Hall–Kier alpha value is -2.15. The number of hydrogen-bond donors (Lipinski definition) is 2. The van der Waals surface area contributed by atoms with Gasteiger partial charge in [0.2, 0.25) is 0 Å². The summed E-state index contributed by atoms with van der Waals surface area (Å²) in [4.78, 5) is 22.2. The highest BCUT2D eigenvalue weighted by molar-refractivity contribution is 6.01. The minimum absolute atomic E-state index is 0.0277. The van der Waals surface area contributed by atoms with E-state index < -0.39 is 4.92 Å². The van der Waals surface area contributed by atoms with E-state index in [4.69, 9.17) is 10.5 Å². The maximum atomic E-state index is 12.1. The number of rotatable bonds is 3. The normalized spacial score (nSPS) is 16.0. The van der Waals surface area contributed by atoms with Gasteiger partial charge in [0.05, 0.1) is 10.5 Å². The van der Waals surface area contributed by atoms with Crippen molar-refractivity contribution >= 4 is 17.3 Å². The van der Waals surface area contributed by atoms with Crippen molar-refractivity contribution < 1.29 is 14.5 Å². The fraction of sp³-hybridized carbons (Fsp3) is 0.417. The highest BCUT2D eigenvalue weighted by Gasteiger charge is 2.22. The lowest BCUT2D eigenvalue weighted by Gasteiger charge is -2.23. The summed E-state index contributed by atoms with van der Waals surface area (Å²) >= 11 is 0. The molecule has 1 heterocycles. The number of nitrogen functional groups attached to an aromatic ring is 1. The third-order valence-corrected chi connectivity index (χ3v) is 3.08. The van der Waals surface area contributed by atoms with E-state index in [0.29, 0.717) is 13.2 Å². The minimum Gasteiger partial charge on any atom is -0.393 e. The molecule has 1 aromatic rings. The Morgan fingerprint density at radius 2 is 2.11 bits per heavy atom. The van der Waals surface area contributed by atoms with Crippen molar-refractivity contribution in [2.75, 3.05) is 18.9 Å². The van der Waals surface area contributed by atoms with Crippen LogP contribution in [0.4, 0.5) is 11.4 Å². The molecule has 3 N–H and O–H groups in total. The monoisotopic (exact) mass is 265 g/mol. The van der Waals surface area contributed by atoms with E-state index >= 15 is 0 Å². The van der Waals surface area contributed by atoms with E-state index in [0.717, 1.165) is 12.8 Å². The number of nitrogens with one attached hydrogen (secondary N) is 1. The summed E-state index contributed by atoms with van der Waals surface area (Å²) in [5.41, 5.74) is 5.45. The van der Waals surface area contributed by atoms with Gasteiger partial charge in [-0.25, -0.2) is 0 Å². The van der Waals surface area contributed by atoms with Gasteiger partial charge in [-0.3, -0.25) is 14.9 Å². The highest BCUT2D eigenvalue weighted by Crippen LogP contribution is 2.24. The number of amides is 1. The summed E-state index contributed by atoms with van der Waals surface area (Å²) in [5.74, 6) is -0.381. The summed E-state index contributed by atoms with van der Waals surface area (Å²) in [7, 11) is 0. The molecular formula is C12H15N3O4. The van der Waals surface area contributed by atoms with Crippen molar-refractivity contribution in [1.29, 1.82) is 0 Å². The first-order valence-corrected chi connectivity index (χ1v) is 6.01. The molecule has 1 aliphatic rings. The summed E-state index contributed by atoms with van der Waals surface area (Å²) in [6.45, 7) is 1.21. The Balaban J connectivity index is 2.14. The molecule has 0 bridgehead atoms. The maximum absolute atomic E-state index is 12.1. The first kappa shape index (κ1) is 13.3. The number of carbonyl (C=O) groups excluding carboxylic acids is 1. The van der Waals surface area contributed by atoms with Gasteiger partial charge in [0.1, 0.15) is 5.69 Å². The van der Waals surface area contributed by atoms with Crippen molar-refractivity contribution in [2.45, 2.75) is 18.9 Å². The third-order valence-electron chi connectivity index (χ3n) is 3.08. The van der Waals surface area contributed by atoms with Gasteiger partial charge < -0.3 is 15.8 Å². The van der Waals surface area contributed by atoms with Gasteiger partial charge in [0.15, 0.2) is 0 Å². The summed E-state index contributed by atoms with van der Waals surface area (Å²) in [6, 6.07) is 4.24. The molecular weight excluding hydrogens is 250 g/mol. The Labute approximate surface area is 109 Å². The van der Waals surface area contributed by atoms with Gasteiger partial charge >= 0.3 is 0 Å². The van der Waals surface area contributed by atoms with Crippen LogP contribution in [-0.4, -0.2) is 30.1 Å². The molecule has 1 aromatic carbocycles. The molecule has 1 aliphatic heterocycles. The summed E-state index contributed by atoms with van der Waals surface area (Å²) in [6.07, 6.45) is 1.47. The van der Waals surface area contributed by atoms with Crippen LogP contribution in [0.15, 0.2) is 18.2 Å². The van der Waals surface area contributed by atoms with Crippen molar-refractivity contribution in [3.05, 3.63) is 33.9 Å². The molecule has 0 aromatic heterocycles. The number of nitrogens with two attached hydrogens (primary N) is 1. The molecule has 1 amide bonds. The first-order valence-electron chi connectivity index (χ1n) is 6.01. The number of para-hydroxylation sites is 1. The average molecular weight is 265 g/mol. The molecule has 0 atom stereocenters. The van der Waals surface area contributed by atoms with Crippen LogP contribution in [0, 0.1) is 10.1 Å². The highest BCUT2D eigenvalue weighted by atomic mass is 16.6. The van der Waals surface area contributed by atoms with Crippen LogP contribution < -0.4 is 11.1 Å². The minimum atomic E-state index is -0.597. The lowest BCUT2D eigenvalue weighted by Crippen LogP contribution is -2.39. The van der Waals surface area contributed by atoms with E-state index in [1.54, 1.807) is 0 Å². The van der Waals surface area contributed by atoms with Gasteiger partial charge in [-0.15, -0.1) is 0 Å². The zero-order chi connectivity index (χ0) is 13.8. The molecule has 19 heavy (non-hydrogen) atoms. The number of benzene rings is 1. The smallest absolute Gasteiger partial charge is 0.292 e.